The Morgan fingerprint density at radius 2 is 1.83 bits per heavy atom. The molecular weight excluding hydrogens is 436 g/mol. The van der Waals surface area contributed by atoms with Crippen LogP contribution in [0.2, 0.25) is 0 Å². The summed E-state index contributed by atoms with van der Waals surface area (Å²) in [5.41, 5.74) is 1.43. The van der Waals surface area contributed by atoms with Gasteiger partial charge in [-0.2, -0.15) is 5.10 Å². The van der Waals surface area contributed by atoms with E-state index in [0.29, 0.717) is 16.5 Å². The number of anilines is 1. The second-order valence-electron chi connectivity index (χ2n) is 6.93. The van der Waals surface area contributed by atoms with E-state index in [1.165, 1.54) is 4.68 Å². The number of carbonyl (C=O) groups excluding carboxylic acids is 2. The third kappa shape index (κ3) is 4.54. The average Bonchev–Trinajstić information content (AvgIpc) is 2.68. The molecule has 0 aliphatic rings. The fourth-order valence-corrected chi connectivity index (χ4v) is 3.41. The monoisotopic (exact) mass is 456 g/mol. The third-order valence-corrected chi connectivity index (χ3v) is 4.90. The summed E-state index contributed by atoms with van der Waals surface area (Å²) in [6.07, 6.45) is 0. The molecule has 8 heteroatoms. The second-order valence-corrected chi connectivity index (χ2v) is 7.84. The Kier molecular flexibility index (Phi) is 6.12. The highest BCUT2D eigenvalue weighted by Gasteiger charge is 2.18. The van der Waals surface area contributed by atoms with E-state index >= 15 is 0 Å². The molecular formula is C21H21BrN4O3. The van der Waals surface area contributed by atoms with E-state index in [9.17, 15) is 14.4 Å². The number of rotatable bonds is 5. The van der Waals surface area contributed by atoms with Crippen LogP contribution in [0.4, 0.5) is 5.69 Å². The first-order valence-electron chi connectivity index (χ1n) is 9.13. The molecule has 0 bridgehead atoms. The largest absolute Gasteiger partial charge is 0.342 e. The first-order valence-corrected chi connectivity index (χ1v) is 9.93. The Morgan fingerprint density at radius 3 is 2.48 bits per heavy atom. The molecule has 0 aliphatic carbocycles. The Labute approximate surface area is 176 Å². The van der Waals surface area contributed by atoms with Gasteiger partial charge >= 0.3 is 0 Å². The van der Waals surface area contributed by atoms with Crippen LogP contribution in [-0.4, -0.2) is 28.1 Å². The number of fused-ring (bicyclic) bond motifs is 1. The Bertz CT molecular complexity index is 1150. The standard InChI is InChI=1S/C21H21BrN4O3/c1-12(2)26-21(29)16-7-5-4-6-15(16)19(25-26)20(28)23-11-18(27)24-17-9-8-14(22)10-13(17)3/h4-10,12H,11H2,1-3H3,(H,23,28)(H,24,27). The lowest BCUT2D eigenvalue weighted by Gasteiger charge is -2.13. The van der Waals surface area contributed by atoms with Crippen molar-refractivity contribution in [1.82, 2.24) is 15.1 Å². The van der Waals surface area contributed by atoms with Gasteiger partial charge in [0.1, 0.15) is 0 Å². The fraction of sp³-hybridized carbons (Fsp3) is 0.238. The molecule has 2 N–H and O–H groups in total. The summed E-state index contributed by atoms with van der Waals surface area (Å²) in [5, 5.41) is 10.5. The van der Waals surface area contributed by atoms with Crippen LogP contribution in [-0.2, 0) is 4.79 Å². The van der Waals surface area contributed by atoms with Gasteiger partial charge in [0.2, 0.25) is 5.91 Å². The van der Waals surface area contributed by atoms with Crippen LogP contribution in [0.3, 0.4) is 0 Å². The maximum atomic E-state index is 12.7. The zero-order valence-corrected chi connectivity index (χ0v) is 17.9. The van der Waals surface area contributed by atoms with Crippen LogP contribution in [0.5, 0.6) is 0 Å². The summed E-state index contributed by atoms with van der Waals surface area (Å²) in [6, 6.07) is 12.1. The van der Waals surface area contributed by atoms with E-state index in [-0.39, 0.29) is 29.7 Å². The molecule has 0 atom stereocenters. The van der Waals surface area contributed by atoms with Crippen molar-refractivity contribution in [3.8, 4) is 0 Å². The van der Waals surface area contributed by atoms with Gasteiger partial charge < -0.3 is 10.6 Å². The van der Waals surface area contributed by atoms with Gasteiger partial charge in [0.25, 0.3) is 11.5 Å². The van der Waals surface area contributed by atoms with Gasteiger partial charge in [0.05, 0.1) is 18.0 Å². The molecule has 1 aromatic heterocycles. The van der Waals surface area contributed by atoms with Crippen molar-refractivity contribution in [2.75, 3.05) is 11.9 Å². The number of aryl methyl sites for hydroxylation is 1. The predicted molar refractivity (Wildman–Crippen MR) is 116 cm³/mol. The zero-order valence-electron chi connectivity index (χ0n) is 16.3. The van der Waals surface area contributed by atoms with Gasteiger partial charge in [-0.1, -0.05) is 34.1 Å². The lowest BCUT2D eigenvalue weighted by atomic mass is 10.1. The SMILES string of the molecule is Cc1cc(Br)ccc1NC(=O)CNC(=O)c1nn(C(C)C)c(=O)c2ccccc12. The van der Waals surface area contributed by atoms with Gasteiger partial charge in [-0.15, -0.1) is 0 Å². The van der Waals surface area contributed by atoms with Gasteiger partial charge in [-0.3, -0.25) is 14.4 Å². The topological polar surface area (TPSA) is 93.1 Å². The van der Waals surface area contributed by atoms with E-state index in [4.69, 9.17) is 0 Å². The summed E-state index contributed by atoms with van der Waals surface area (Å²) in [7, 11) is 0. The second kappa shape index (κ2) is 8.57. The van der Waals surface area contributed by atoms with Crippen LogP contribution in [0.1, 0.15) is 35.9 Å². The van der Waals surface area contributed by atoms with Crippen LogP contribution in [0.15, 0.2) is 51.7 Å². The van der Waals surface area contributed by atoms with Crippen LogP contribution >= 0.6 is 15.9 Å². The Morgan fingerprint density at radius 1 is 1.14 bits per heavy atom. The van der Waals surface area contributed by atoms with Crippen molar-refractivity contribution in [1.29, 1.82) is 0 Å². The van der Waals surface area contributed by atoms with Crippen molar-refractivity contribution in [2.45, 2.75) is 26.8 Å². The van der Waals surface area contributed by atoms with Gasteiger partial charge in [-0.05, 0) is 50.6 Å². The quantitative estimate of drug-likeness (QED) is 0.614. The molecule has 0 saturated carbocycles. The predicted octanol–water partition coefficient (Wildman–Crippen LogP) is 3.42. The normalized spacial score (nSPS) is 10.9. The lowest BCUT2D eigenvalue weighted by Crippen LogP contribution is -2.35. The molecule has 0 fully saturated rings. The number of aromatic nitrogens is 2. The highest BCUT2D eigenvalue weighted by atomic mass is 79.9. The van der Waals surface area contributed by atoms with Crippen molar-refractivity contribution < 1.29 is 9.59 Å². The Balaban J connectivity index is 1.80. The number of amides is 2. The molecule has 0 aliphatic heterocycles. The zero-order chi connectivity index (χ0) is 21.1. The van der Waals surface area contributed by atoms with Crippen LogP contribution in [0, 0.1) is 6.92 Å². The minimum Gasteiger partial charge on any atom is -0.342 e. The molecule has 0 radical (unpaired) electrons. The van der Waals surface area contributed by atoms with E-state index < -0.39 is 5.91 Å². The summed E-state index contributed by atoms with van der Waals surface area (Å²) in [4.78, 5) is 37.6. The summed E-state index contributed by atoms with van der Waals surface area (Å²) < 4.78 is 2.20. The summed E-state index contributed by atoms with van der Waals surface area (Å²) in [5.74, 6) is -0.872. The molecule has 150 valence electrons. The number of halogens is 1. The first-order chi connectivity index (χ1) is 13.8. The van der Waals surface area contributed by atoms with Crippen molar-refractivity contribution in [2.24, 2.45) is 0 Å². The van der Waals surface area contributed by atoms with Crippen LogP contribution in [0.25, 0.3) is 10.8 Å². The fourth-order valence-electron chi connectivity index (χ4n) is 2.93. The van der Waals surface area contributed by atoms with E-state index in [1.807, 2.05) is 32.9 Å². The Hall–Kier alpha value is -3.00. The van der Waals surface area contributed by atoms with E-state index in [2.05, 4.69) is 31.7 Å². The van der Waals surface area contributed by atoms with Crippen molar-refractivity contribution in [3.63, 3.8) is 0 Å². The molecule has 0 spiro atoms. The minimum absolute atomic E-state index is 0.113. The molecule has 29 heavy (non-hydrogen) atoms. The molecule has 0 unspecified atom stereocenters. The van der Waals surface area contributed by atoms with Gasteiger partial charge in [0, 0.05) is 15.5 Å². The number of carbonyl (C=O) groups is 2. The molecule has 1 heterocycles. The van der Waals surface area contributed by atoms with Gasteiger partial charge in [-0.25, -0.2) is 4.68 Å². The average molecular weight is 457 g/mol. The number of nitrogens with one attached hydrogen (secondary N) is 2. The minimum atomic E-state index is -0.515. The van der Waals surface area contributed by atoms with Gasteiger partial charge in [0.15, 0.2) is 5.69 Å². The molecule has 3 rings (SSSR count). The first kappa shape index (κ1) is 20.7. The highest BCUT2D eigenvalue weighted by molar-refractivity contribution is 9.10. The lowest BCUT2D eigenvalue weighted by molar-refractivity contribution is -0.115. The van der Waals surface area contributed by atoms with Crippen molar-refractivity contribution in [3.05, 3.63) is 68.5 Å². The van der Waals surface area contributed by atoms with E-state index in [0.717, 1.165) is 10.0 Å². The molecule has 2 amide bonds. The number of hydrogen-bond donors (Lipinski definition) is 2. The third-order valence-electron chi connectivity index (χ3n) is 4.40. The summed E-state index contributed by atoms with van der Waals surface area (Å²) in [6.45, 7) is 5.30. The molecule has 7 nitrogen and oxygen atoms in total. The number of hydrogen-bond acceptors (Lipinski definition) is 4. The van der Waals surface area contributed by atoms with E-state index in [1.54, 1.807) is 30.3 Å². The number of benzene rings is 2. The number of nitrogens with zero attached hydrogens (tertiary/aromatic N) is 2. The van der Waals surface area contributed by atoms with Crippen LogP contribution < -0.4 is 16.2 Å². The highest BCUT2D eigenvalue weighted by Crippen LogP contribution is 2.20. The van der Waals surface area contributed by atoms with Crippen molar-refractivity contribution >= 4 is 44.2 Å². The molecule has 3 aromatic rings. The smallest absolute Gasteiger partial charge is 0.274 e. The molecule has 2 aromatic carbocycles. The summed E-state index contributed by atoms with van der Waals surface area (Å²) >= 11 is 3.38. The maximum absolute atomic E-state index is 12.7. The molecule has 0 saturated heterocycles. The maximum Gasteiger partial charge on any atom is 0.274 e.